The Bertz CT molecular complexity index is 922. The third kappa shape index (κ3) is 4.22. The quantitative estimate of drug-likeness (QED) is 0.479. The minimum atomic E-state index is -0.606. The van der Waals surface area contributed by atoms with Crippen LogP contribution >= 0.6 is 11.8 Å². The monoisotopic (exact) mass is 383 g/mol. The first-order valence-electron chi connectivity index (χ1n) is 8.36. The van der Waals surface area contributed by atoms with Gasteiger partial charge in [-0.1, -0.05) is 60.3 Å². The highest BCUT2D eigenvalue weighted by molar-refractivity contribution is 8.00. The van der Waals surface area contributed by atoms with Crippen molar-refractivity contribution in [3.05, 3.63) is 71.0 Å². The van der Waals surface area contributed by atoms with Crippen LogP contribution in [0.25, 0.3) is 0 Å². The van der Waals surface area contributed by atoms with Crippen LogP contribution in [0.5, 0.6) is 5.75 Å². The fourth-order valence-corrected chi connectivity index (χ4v) is 3.60. The molecular weight excluding hydrogens is 362 g/mol. The van der Waals surface area contributed by atoms with Crippen molar-refractivity contribution in [2.24, 2.45) is 5.73 Å². The molecule has 0 saturated carbocycles. The van der Waals surface area contributed by atoms with Crippen molar-refractivity contribution in [3.8, 4) is 5.75 Å². The number of aromatic nitrogens is 3. The highest BCUT2D eigenvalue weighted by Gasteiger charge is 2.23. The molecule has 3 rings (SSSR count). The number of primary amides is 1. The number of para-hydroxylation sites is 1. The van der Waals surface area contributed by atoms with Gasteiger partial charge in [-0.25, -0.2) is 4.68 Å². The topological polar surface area (TPSA) is 109 Å². The summed E-state index contributed by atoms with van der Waals surface area (Å²) in [6, 6.07) is 15.2. The second-order valence-corrected chi connectivity index (χ2v) is 7.16. The van der Waals surface area contributed by atoms with Crippen LogP contribution in [0.2, 0.25) is 0 Å². The zero-order chi connectivity index (χ0) is 19.4. The molecule has 0 spiro atoms. The van der Waals surface area contributed by atoms with E-state index in [9.17, 15) is 4.79 Å². The second-order valence-electron chi connectivity index (χ2n) is 6.09. The van der Waals surface area contributed by atoms with Crippen LogP contribution in [0.3, 0.4) is 0 Å². The largest absolute Gasteiger partial charge is 0.485 e. The Morgan fingerprint density at radius 1 is 1.11 bits per heavy atom. The molecule has 0 saturated heterocycles. The van der Waals surface area contributed by atoms with E-state index in [1.807, 2.05) is 62.4 Å². The lowest BCUT2D eigenvalue weighted by Crippen LogP contribution is -2.21. The molecule has 1 aromatic heterocycles. The van der Waals surface area contributed by atoms with Gasteiger partial charge in [0.2, 0.25) is 11.1 Å². The molecule has 1 amide bonds. The van der Waals surface area contributed by atoms with Crippen molar-refractivity contribution in [1.82, 2.24) is 14.9 Å². The number of benzene rings is 2. The molecule has 2 aromatic carbocycles. The zero-order valence-electron chi connectivity index (χ0n) is 15.1. The minimum absolute atomic E-state index is 0.169. The van der Waals surface area contributed by atoms with E-state index < -0.39 is 11.2 Å². The lowest BCUT2D eigenvalue weighted by atomic mass is 10.1. The standard InChI is InChI=1S/C19H21N5O2S/c1-12-7-6-8-13(2)16(12)26-11-15-22-23-19(24(15)21)27-17(18(20)25)14-9-4-3-5-10-14/h3-10,17H,11,21H2,1-2H3,(H2,20,25). The summed E-state index contributed by atoms with van der Waals surface area (Å²) in [5.74, 6) is 6.89. The van der Waals surface area contributed by atoms with Gasteiger partial charge in [0.15, 0.2) is 5.82 Å². The number of aryl methyl sites for hydroxylation is 2. The molecule has 0 aliphatic rings. The molecule has 3 aromatic rings. The van der Waals surface area contributed by atoms with Crippen LogP contribution in [-0.2, 0) is 11.4 Å². The Balaban J connectivity index is 1.76. The van der Waals surface area contributed by atoms with Gasteiger partial charge in [0.1, 0.15) is 17.6 Å². The first-order chi connectivity index (χ1) is 13.0. The Morgan fingerprint density at radius 2 is 1.78 bits per heavy atom. The maximum Gasteiger partial charge on any atom is 0.235 e. The van der Waals surface area contributed by atoms with Crippen molar-refractivity contribution >= 4 is 17.7 Å². The summed E-state index contributed by atoms with van der Waals surface area (Å²) >= 11 is 1.16. The van der Waals surface area contributed by atoms with E-state index in [0.717, 1.165) is 34.2 Å². The molecule has 1 heterocycles. The van der Waals surface area contributed by atoms with Gasteiger partial charge in [-0.05, 0) is 30.5 Å². The lowest BCUT2D eigenvalue weighted by Gasteiger charge is -2.13. The zero-order valence-corrected chi connectivity index (χ0v) is 15.9. The van der Waals surface area contributed by atoms with Crippen molar-refractivity contribution < 1.29 is 9.53 Å². The third-order valence-electron chi connectivity index (χ3n) is 4.07. The fraction of sp³-hybridized carbons (Fsp3) is 0.211. The summed E-state index contributed by atoms with van der Waals surface area (Å²) in [7, 11) is 0. The van der Waals surface area contributed by atoms with E-state index in [1.54, 1.807) is 0 Å². The molecule has 140 valence electrons. The number of carbonyl (C=O) groups is 1. The summed E-state index contributed by atoms with van der Waals surface area (Å²) in [6.07, 6.45) is 0. The summed E-state index contributed by atoms with van der Waals surface area (Å²) < 4.78 is 7.21. The Labute approximate surface area is 161 Å². The number of amides is 1. The smallest absolute Gasteiger partial charge is 0.235 e. The van der Waals surface area contributed by atoms with Crippen LogP contribution in [0.1, 0.15) is 27.8 Å². The molecule has 1 unspecified atom stereocenters. The Hall–Kier alpha value is -3.00. The summed E-state index contributed by atoms with van der Waals surface area (Å²) in [5.41, 5.74) is 8.41. The predicted molar refractivity (Wildman–Crippen MR) is 105 cm³/mol. The molecule has 0 radical (unpaired) electrons. The van der Waals surface area contributed by atoms with E-state index in [2.05, 4.69) is 10.2 Å². The fourth-order valence-electron chi connectivity index (χ4n) is 2.67. The highest BCUT2D eigenvalue weighted by atomic mass is 32.2. The van der Waals surface area contributed by atoms with E-state index in [-0.39, 0.29) is 6.61 Å². The number of rotatable bonds is 7. The average Bonchev–Trinajstić information content (AvgIpc) is 2.99. The Kier molecular flexibility index (Phi) is 5.66. The second kappa shape index (κ2) is 8.13. The van der Waals surface area contributed by atoms with Crippen LogP contribution in [0.15, 0.2) is 53.7 Å². The third-order valence-corrected chi connectivity index (χ3v) is 5.30. The van der Waals surface area contributed by atoms with Crippen LogP contribution < -0.4 is 16.3 Å². The van der Waals surface area contributed by atoms with E-state index >= 15 is 0 Å². The maximum atomic E-state index is 11.9. The Morgan fingerprint density at radius 3 is 2.41 bits per heavy atom. The van der Waals surface area contributed by atoms with Gasteiger partial charge < -0.3 is 16.3 Å². The molecular formula is C19H21N5O2S. The molecule has 0 bridgehead atoms. The normalized spacial score (nSPS) is 11.9. The van der Waals surface area contributed by atoms with Gasteiger partial charge in [-0.2, -0.15) is 0 Å². The number of hydrogen-bond donors (Lipinski definition) is 2. The number of thioether (sulfide) groups is 1. The number of nitrogen functional groups attached to an aromatic ring is 1. The van der Waals surface area contributed by atoms with Crippen LogP contribution in [0.4, 0.5) is 0 Å². The van der Waals surface area contributed by atoms with Gasteiger partial charge in [0, 0.05) is 0 Å². The summed E-state index contributed by atoms with van der Waals surface area (Å²) in [5, 5.41) is 7.95. The van der Waals surface area contributed by atoms with Crippen molar-refractivity contribution in [2.45, 2.75) is 30.9 Å². The van der Waals surface area contributed by atoms with Gasteiger partial charge in [0.05, 0.1) is 0 Å². The number of ether oxygens (including phenoxy) is 1. The van der Waals surface area contributed by atoms with Crippen LogP contribution in [0, 0.1) is 13.8 Å². The van der Waals surface area contributed by atoms with Crippen LogP contribution in [-0.4, -0.2) is 20.8 Å². The molecule has 0 aliphatic heterocycles. The van der Waals surface area contributed by atoms with Crippen molar-refractivity contribution in [1.29, 1.82) is 0 Å². The lowest BCUT2D eigenvalue weighted by molar-refractivity contribution is -0.117. The molecule has 27 heavy (non-hydrogen) atoms. The first kappa shape index (κ1) is 18.8. The highest BCUT2D eigenvalue weighted by Crippen LogP contribution is 2.33. The van der Waals surface area contributed by atoms with Crippen molar-refractivity contribution in [2.75, 3.05) is 5.84 Å². The molecule has 7 nitrogen and oxygen atoms in total. The number of hydrogen-bond acceptors (Lipinski definition) is 6. The number of carbonyl (C=O) groups excluding carboxylic acids is 1. The maximum absolute atomic E-state index is 11.9. The first-order valence-corrected chi connectivity index (χ1v) is 9.24. The molecule has 8 heteroatoms. The molecule has 0 aliphatic carbocycles. The molecule has 1 atom stereocenters. The predicted octanol–water partition coefficient (Wildman–Crippen LogP) is 2.51. The van der Waals surface area contributed by atoms with Gasteiger partial charge >= 0.3 is 0 Å². The SMILES string of the molecule is Cc1cccc(C)c1OCc1nnc(SC(C(N)=O)c2ccccc2)n1N. The van der Waals surface area contributed by atoms with Gasteiger partial charge in [-0.3, -0.25) is 4.79 Å². The average molecular weight is 383 g/mol. The number of nitrogens with zero attached hydrogens (tertiary/aromatic N) is 3. The van der Waals surface area contributed by atoms with E-state index in [1.165, 1.54) is 4.68 Å². The number of nitrogens with two attached hydrogens (primary N) is 2. The summed E-state index contributed by atoms with van der Waals surface area (Å²) in [6.45, 7) is 4.13. The van der Waals surface area contributed by atoms with Gasteiger partial charge in [0.25, 0.3) is 0 Å². The minimum Gasteiger partial charge on any atom is -0.485 e. The molecule has 4 N–H and O–H groups in total. The van der Waals surface area contributed by atoms with E-state index in [0.29, 0.717) is 11.0 Å². The van der Waals surface area contributed by atoms with Crippen molar-refractivity contribution in [3.63, 3.8) is 0 Å². The summed E-state index contributed by atoms with van der Waals surface area (Å²) in [4.78, 5) is 11.9. The van der Waals surface area contributed by atoms with Gasteiger partial charge in [-0.15, -0.1) is 10.2 Å². The molecule has 0 fully saturated rings. The van der Waals surface area contributed by atoms with E-state index in [4.69, 9.17) is 16.3 Å².